The first-order chi connectivity index (χ1) is 18.4. The van der Waals surface area contributed by atoms with E-state index < -0.39 is 6.04 Å². The highest BCUT2D eigenvalue weighted by molar-refractivity contribution is 6.01. The number of para-hydroxylation sites is 1. The Morgan fingerprint density at radius 3 is 2.37 bits per heavy atom. The van der Waals surface area contributed by atoms with Crippen molar-refractivity contribution in [3.63, 3.8) is 0 Å². The Balaban J connectivity index is 1.79. The second kappa shape index (κ2) is 12.2. The molecule has 2 amide bonds. The standard InChI is InChI=1S/C29H33N5O4/c1-20(2)16-17-30-29(36)28(21-10-6-5-7-11-21)34(22-14-15-25(37-3)26(18-22)38-4)27(35)19-33-24-13-9-8-12-23(24)31-32-33/h5-15,18,20,28H,16-17,19H2,1-4H3,(H,30,36)/t28-/m1/s1. The molecule has 4 aromatic rings. The lowest BCUT2D eigenvalue weighted by atomic mass is 10.0. The molecule has 0 aliphatic rings. The summed E-state index contributed by atoms with van der Waals surface area (Å²) >= 11 is 0. The van der Waals surface area contributed by atoms with Crippen LogP contribution >= 0.6 is 0 Å². The van der Waals surface area contributed by atoms with Gasteiger partial charge in [-0.25, -0.2) is 4.68 Å². The third-order valence-electron chi connectivity index (χ3n) is 6.26. The van der Waals surface area contributed by atoms with Crippen LogP contribution in [0.4, 0.5) is 5.69 Å². The van der Waals surface area contributed by atoms with E-state index in [0.717, 1.165) is 11.9 Å². The highest BCUT2D eigenvalue weighted by Crippen LogP contribution is 2.35. The molecule has 0 saturated heterocycles. The van der Waals surface area contributed by atoms with Crippen LogP contribution < -0.4 is 19.7 Å². The molecule has 0 aliphatic carbocycles. The molecule has 0 saturated carbocycles. The summed E-state index contributed by atoms with van der Waals surface area (Å²) in [5.74, 6) is 0.781. The lowest BCUT2D eigenvalue weighted by Crippen LogP contribution is -2.45. The summed E-state index contributed by atoms with van der Waals surface area (Å²) in [6.45, 7) is 4.59. The van der Waals surface area contributed by atoms with Gasteiger partial charge >= 0.3 is 0 Å². The van der Waals surface area contributed by atoms with Gasteiger partial charge in [0.1, 0.15) is 18.1 Å². The Labute approximate surface area is 222 Å². The van der Waals surface area contributed by atoms with E-state index >= 15 is 0 Å². The van der Waals surface area contributed by atoms with Crippen LogP contribution in [0.2, 0.25) is 0 Å². The Morgan fingerprint density at radius 1 is 0.947 bits per heavy atom. The van der Waals surface area contributed by atoms with Crippen LogP contribution in [0.15, 0.2) is 72.8 Å². The fourth-order valence-electron chi connectivity index (χ4n) is 4.28. The molecule has 0 spiro atoms. The van der Waals surface area contributed by atoms with Gasteiger partial charge in [0.15, 0.2) is 11.5 Å². The molecule has 0 bridgehead atoms. The molecule has 9 heteroatoms. The van der Waals surface area contributed by atoms with Crippen molar-refractivity contribution in [3.05, 3.63) is 78.4 Å². The van der Waals surface area contributed by atoms with Crippen LogP contribution in [0, 0.1) is 5.92 Å². The number of methoxy groups -OCH3 is 2. The number of carbonyl (C=O) groups is 2. The summed E-state index contributed by atoms with van der Waals surface area (Å²) in [7, 11) is 3.08. The molecule has 0 fully saturated rings. The van der Waals surface area contributed by atoms with Crippen LogP contribution in [0.3, 0.4) is 0 Å². The minimum Gasteiger partial charge on any atom is -0.493 e. The quantitative estimate of drug-likeness (QED) is 0.318. The van der Waals surface area contributed by atoms with E-state index in [1.165, 1.54) is 12.0 Å². The monoisotopic (exact) mass is 515 g/mol. The predicted octanol–water partition coefficient (Wildman–Crippen LogP) is 4.39. The zero-order valence-electron chi connectivity index (χ0n) is 22.1. The highest BCUT2D eigenvalue weighted by Gasteiger charge is 2.33. The number of carbonyl (C=O) groups excluding carboxylic acids is 2. The number of rotatable bonds is 11. The summed E-state index contributed by atoms with van der Waals surface area (Å²) in [5.41, 5.74) is 2.58. The summed E-state index contributed by atoms with van der Waals surface area (Å²) in [6.07, 6.45) is 0.822. The predicted molar refractivity (Wildman–Crippen MR) is 146 cm³/mol. The van der Waals surface area contributed by atoms with E-state index in [0.29, 0.717) is 40.7 Å². The molecule has 1 heterocycles. The van der Waals surface area contributed by atoms with Gasteiger partial charge in [-0.3, -0.25) is 14.5 Å². The maximum absolute atomic E-state index is 14.1. The molecule has 0 aliphatic heterocycles. The number of fused-ring (bicyclic) bond motifs is 1. The average Bonchev–Trinajstić information content (AvgIpc) is 3.34. The first kappa shape index (κ1) is 26.7. The number of hydrogen-bond acceptors (Lipinski definition) is 6. The van der Waals surface area contributed by atoms with Crippen LogP contribution in [-0.4, -0.2) is 47.6 Å². The van der Waals surface area contributed by atoms with Crippen LogP contribution in [0.25, 0.3) is 11.0 Å². The topological polar surface area (TPSA) is 98.6 Å². The van der Waals surface area contributed by atoms with Crippen molar-refractivity contribution < 1.29 is 19.1 Å². The lowest BCUT2D eigenvalue weighted by molar-refractivity contribution is -0.127. The van der Waals surface area contributed by atoms with E-state index in [9.17, 15) is 9.59 Å². The number of anilines is 1. The van der Waals surface area contributed by atoms with Gasteiger partial charge in [-0.15, -0.1) is 5.10 Å². The van der Waals surface area contributed by atoms with Gasteiger partial charge in [-0.1, -0.05) is 61.5 Å². The second-order valence-electron chi connectivity index (χ2n) is 9.33. The number of hydrogen-bond donors (Lipinski definition) is 1. The summed E-state index contributed by atoms with van der Waals surface area (Å²) < 4.78 is 12.5. The van der Waals surface area contributed by atoms with Crippen molar-refractivity contribution in [2.24, 2.45) is 5.92 Å². The number of ether oxygens (including phenoxy) is 2. The normalized spacial score (nSPS) is 11.8. The van der Waals surface area contributed by atoms with Crippen molar-refractivity contribution in [2.45, 2.75) is 32.9 Å². The van der Waals surface area contributed by atoms with Gasteiger partial charge in [-0.2, -0.15) is 0 Å². The van der Waals surface area contributed by atoms with Crippen LogP contribution in [-0.2, 0) is 16.1 Å². The number of amides is 2. The molecule has 9 nitrogen and oxygen atoms in total. The zero-order valence-corrected chi connectivity index (χ0v) is 22.1. The Hall–Kier alpha value is -4.40. The summed E-state index contributed by atoms with van der Waals surface area (Å²) in [5, 5.41) is 11.4. The molecule has 198 valence electrons. The zero-order chi connectivity index (χ0) is 27.1. The van der Waals surface area contributed by atoms with E-state index in [-0.39, 0.29) is 18.4 Å². The van der Waals surface area contributed by atoms with Gasteiger partial charge in [0.05, 0.1) is 19.7 Å². The molecule has 38 heavy (non-hydrogen) atoms. The maximum atomic E-state index is 14.1. The first-order valence-corrected chi connectivity index (χ1v) is 12.6. The van der Waals surface area contributed by atoms with E-state index in [1.54, 1.807) is 30.0 Å². The van der Waals surface area contributed by atoms with Crippen molar-refractivity contribution in [3.8, 4) is 11.5 Å². The Morgan fingerprint density at radius 2 is 1.66 bits per heavy atom. The van der Waals surface area contributed by atoms with E-state index in [1.807, 2.05) is 54.6 Å². The fraction of sp³-hybridized carbons (Fsp3) is 0.310. The molecule has 4 rings (SSSR count). The van der Waals surface area contributed by atoms with E-state index in [2.05, 4.69) is 29.5 Å². The average molecular weight is 516 g/mol. The number of nitrogens with zero attached hydrogens (tertiary/aromatic N) is 4. The molecule has 1 aromatic heterocycles. The van der Waals surface area contributed by atoms with Crippen molar-refractivity contribution in [1.82, 2.24) is 20.3 Å². The Kier molecular flexibility index (Phi) is 8.58. The highest BCUT2D eigenvalue weighted by atomic mass is 16.5. The number of nitrogens with one attached hydrogen (secondary N) is 1. The third-order valence-corrected chi connectivity index (χ3v) is 6.26. The van der Waals surface area contributed by atoms with E-state index in [4.69, 9.17) is 9.47 Å². The van der Waals surface area contributed by atoms with Crippen molar-refractivity contribution >= 4 is 28.5 Å². The molecular formula is C29H33N5O4. The van der Waals surface area contributed by atoms with Gasteiger partial charge < -0.3 is 14.8 Å². The van der Waals surface area contributed by atoms with Gasteiger partial charge in [0.25, 0.3) is 0 Å². The van der Waals surface area contributed by atoms with Crippen LogP contribution in [0.1, 0.15) is 31.9 Å². The van der Waals surface area contributed by atoms with Crippen LogP contribution in [0.5, 0.6) is 11.5 Å². The van der Waals surface area contributed by atoms with Gasteiger partial charge in [0, 0.05) is 18.3 Å². The van der Waals surface area contributed by atoms with Gasteiger partial charge in [0.2, 0.25) is 11.8 Å². The van der Waals surface area contributed by atoms with Gasteiger partial charge in [-0.05, 0) is 42.2 Å². The minimum atomic E-state index is -0.927. The molecular weight excluding hydrogens is 482 g/mol. The molecule has 0 radical (unpaired) electrons. The second-order valence-corrected chi connectivity index (χ2v) is 9.33. The summed E-state index contributed by atoms with van der Waals surface area (Å²) in [6, 6.07) is 20.9. The smallest absolute Gasteiger partial charge is 0.249 e. The number of aromatic nitrogens is 3. The third kappa shape index (κ3) is 5.94. The molecule has 1 N–H and O–H groups in total. The van der Waals surface area contributed by atoms with Crippen molar-refractivity contribution in [1.29, 1.82) is 0 Å². The lowest BCUT2D eigenvalue weighted by Gasteiger charge is -2.32. The fourth-order valence-corrected chi connectivity index (χ4v) is 4.28. The molecule has 3 aromatic carbocycles. The van der Waals surface area contributed by atoms with Crippen molar-refractivity contribution in [2.75, 3.05) is 25.7 Å². The molecule has 0 unspecified atom stereocenters. The maximum Gasteiger partial charge on any atom is 0.249 e. The first-order valence-electron chi connectivity index (χ1n) is 12.6. The Bertz CT molecular complexity index is 1390. The minimum absolute atomic E-state index is 0.114. The SMILES string of the molecule is COc1ccc(N(C(=O)Cn2nnc3ccccc32)[C@@H](C(=O)NCCC(C)C)c2ccccc2)cc1OC. The largest absolute Gasteiger partial charge is 0.493 e. The number of benzene rings is 3. The molecule has 1 atom stereocenters. The summed E-state index contributed by atoms with van der Waals surface area (Å²) in [4.78, 5) is 29.3.